The molecule has 0 saturated carbocycles. The number of nitrogens with zero attached hydrogens (tertiary/aromatic N) is 2. The Balaban J connectivity index is 1.67. The molecule has 210 valence electrons. The molecule has 9 heteroatoms. The van der Waals surface area contributed by atoms with E-state index in [1.807, 2.05) is 68.4 Å². The van der Waals surface area contributed by atoms with Gasteiger partial charge in [-0.3, -0.25) is 9.52 Å². The van der Waals surface area contributed by atoms with Crippen molar-refractivity contribution in [1.29, 1.82) is 0 Å². The maximum Gasteiger partial charge on any atom is 0.261 e. The van der Waals surface area contributed by atoms with Gasteiger partial charge in [-0.15, -0.1) is 0 Å². The zero-order valence-electron chi connectivity index (χ0n) is 23.2. The van der Waals surface area contributed by atoms with Crippen LogP contribution < -0.4 is 14.4 Å². The lowest BCUT2D eigenvalue weighted by molar-refractivity contribution is -0.134. The number of nitrogens with one attached hydrogen (secondary N) is 1. The molecular formula is C31H35N3O5S. The number of sulfonamides is 1. The molecule has 1 aromatic heterocycles. The third kappa shape index (κ3) is 6.84. The first-order valence-electron chi connectivity index (χ1n) is 13.0. The molecule has 1 amide bonds. The average molecular weight is 562 g/mol. The lowest BCUT2D eigenvalue weighted by Gasteiger charge is -2.29. The largest absolute Gasteiger partial charge is 0.497 e. The van der Waals surface area contributed by atoms with Crippen LogP contribution in [0.2, 0.25) is 0 Å². The molecule has 0 spiro atoms. The predicted molar refractivity (Wildman–Crippen MR) is 157 cm³/mol. The molecule has 4 aromatic rings. The molecule has 1 atom stereocenters. The van der Waals surface area contributed by atoms with Crippen LogP contribution in [-0.2, 0) is 27.9 Å². The van der Waals surface area contributed by atoms with Crippen molar-refractivity contribution < 1.29 is 22.4 Å². The highest BCUT2D eigenvalue weighted by Crippen LogP contribution is 2.30. The molecule has 1 unspecified atom stereocenters. The second-order valence-electron chi connectivity index (χ2n) is 9.66. The van der Waals surface area contributed by atoms with Crippen molar-refractivity contribution in [2.45, 2.75) is 37.2 Å². The smallest absolute Gasteiger partial charge is 0.261 e. The van der Waals surface area contributed by atoms with E-state index in [-0.39, 0.29) is 29.8 Å². The quantitative estimate of drug-likeness (QED) is 0.232. The number of anilines is 2. The van der Waals surface area contributed by atoms with Crippen LogP contribution in [0.5, 0.6) is 5.75 Å². The van der Waals surface area contributed by atoms with E-state index in [4.69, 9.17) is 9.15 Å². The Bertz CT molecular complexity index is 1500. The molecule has 0 saturated heterocycles. The number of hydrogen-bond acceptors (Lipinski definition) is 6. The fourth-order valence-corrected chi connectivity index (χ4v) is 5.70. The molecule has 0 aliphatic carbocycles. The minimum Gasteiger partial charge on any atom is -0.497 e. The van der Waals surface area contributed by atoms with Gasteiger partial charge in [0.25, 0.3) is 10.0 Å². The average Bonchev–Trinajstić information content (AvgIpc) is 3.46. The summed E-state index contributed by atoms with van der Waals surface area (Å²) < 4.78 is 39.7. The van der Waals surface area contributed by atoms with Gasteiger partial charge in [0.2, 0.25) is 5.91 Å². The zero-order valence-corrected chi connectivity index (χ0v) is 24.0. The van der Waals surface area contributed by atoms with E-state index in [1.165, 1.54) is 19.2 Å². The van der Waals surface area contributed by atoms with Gasteiger partial charge in [-0.1, -0.05) is 37.3 Å². The van der Waals surface area contributed by atoms with E-state index in [0.717, 1.165) is 16.8 Å². The predicted octanol–water partition coefficient (Wildman–Crippen LogP) is 5.88. The van der Waals surface area contributed by atoms with E-state index < -0.39 is 10.0 Å². The number of ether oxygens (including phenoxy) is 1. The van der Waals surface area contributed by atoms with Gasteiger partial charge in [-0.2, -0.15) is 0 Å². The lowest BCUT2D eigenvalue weighted by atomic mass is 9.94. The van der Waals surface area contributed by atoms with Crippen LogP contribution in [0.25, 0.3) is 0 Å². The highest BCUT2D eigenvalue weighted by atomic mass is 32.2. The van der Waals surface area contributed by atoms with Crippen molar-refractivity contribution in [3.63, 3.8) is 0 Å². The molecule has 8 nitrogen and oxygen atoms in total. The summed E-state index contributed by atoms with van der Waals surface area (Å²) in [5, 5.41) is 0. The minimum atomic E-state index is -3.84. The minimum absolute atomic E-state index is 0.0287. The molecule has 1 heterocycles. The monoisotopic (exact) mass is 561 g/mol. The fraction of sp³-hybridized carbons (Fsp3) is 0.258. The van der Waals surface area contributed by atoms with Crippen molar-refractivity contribution in [1.82, 2.24) is 4.90 Å². The van der Waals surface area contributed by atoms with E-state index in [0.29, 0.717) is 23.6 Å². The Hall–Kier alpha value is -4.24. The molecule has 4 rings (SSSR count). The number of benzene rings is 3. The number of hydrogen-bond donors (Lipinski definition) is 1. The summed E-state index contributed by atoms with van der Waals surface area (Å²) in [5.74, 6) is 0.882. The molecule has 0 aliphatic rings. The standard InChI is InChI=1S/C31H35N3O5S/c1-5-29(23-10-7-6-8-11-23)31(35)34(22-27-12-9-19-39-27)21-24-20-25(13-18-30(24)33(2)3)32-40(36,37)28-16-14-26(38-4)15-17-28/h6-20,29,32H,5,21-22H2,1-4H3. The van der Waals surface area contributed by atoms with Gasteiger partial charge in [0.05, 0.1) is 30.7 Å². The zero-order chi connectivity index (χ0) is 28.7. The summed E-state index contributed by atoms with van der Waals surface area (Å²) in [4.78, 5) is 17.8. The SMILES string of the molecule is CCC(C(=O)N(Cc1ccco1)Cc1cc(NS(=O)(=O)c2ccc(OC)cc2)ccc1N(C)C)c1ccccc1. The molecule has 0 aliphatic heterocycles. The normalized spacial score (nSPS) is 12.0. The Morgan fingerprint density at radius 3 is 2.27 bits per heavy atom. The Morgan fingerprint density at radius 2 is 1.68 bits per heavy atom. The molecular weight excluding hydrogens is 526 g/mol. The number of furan rings is 1. The molecule has 3 aromatic carbocycles. The Kier molecular flexibility index (Phi) is 9.16. The van der Waals surface area contributed by atoms with Crippen molar-refractivity contribution in [2.24, 2.45) is 0 Å². The lowest BCUT2D eigenvalue weighted by Crippen LogP contribution is -2.34. The van der Waals surface area contributed by atoms with Gasteiger partial charge in [0.15, 0.2) is 0 Å². The molecule has 0 bridgehead atoms. The topological polar surface area (TPSA) is 92.1 Å². The van der Waals surface area contributed by atoms with Gasteiger partial charge in [0.1, 0.15) is 11.5 Å². The maximum absolute atomic E-state index is 14.0. The summed E-state index contributed by atoms with van der Waals surface area (Å²) >= 11 is 0. The first kappa shape index (κ1) is 28.8. The van der Waals surface area contributed by atoms with Crippen molar-refractivity contribution >= 4 is 27.3 Å². The van der Waals surface area contributed by atoms with Crippen LogP contribution in [-0.4, -0.2) is 40.4 Å². The van der Waals surface area contributed by atoms with Crippen LogP contribution in [0, 0.1) is 0 Å². The van der Waals surface area contributed by atoms with Gasteiger partial charge in [-0.05, 0) is 72.1 Å². The van der Waals surface area contributed by atoms with Crippen LogP contribution >= 0.6 is 0 Å². The highest BCUT2D eigenvalue weighted by molar-refractivity contribution is 7.92. The third-order valence-electron chi connectivity index (χ3n) is 6.69. The first-order chi connectivity index (χ1) is 19.2. The first-order valence-corrected chi connectivity index (χ1v) is 14.5. The summed E-state index contributed by atoms with van der Waals surface area (Å²) in [6, 6.07) is 24.9. The van der Waals surface area contributed by atoms with Gasteiger partial charge < -0.3 is 19.0 Å². The van der Waals surface area contributed by atoms with Crippen LogP contribution in [0.1, 0.15) is 36.1 Å². The van der Waals surface area contributed by atoms with E-state index >= 15 is 0 Å². The third-order valence-corrected chi connectivity index (χ3v) is 8.09. The molecule has 0 fully saturated rings. The summed E-state index contributed by atoms with van der Waals surface area (Å²) in [6.07, 6.45) is 2.23. The van der Waals surface area contributed by atoms with Gasteiger partial charge in [-0.25, -0.2) is 8.42 Å². The van der Waals surface area contributed by atoms with Crippen molar-refractivity contribution in [2.75, 3.05) is 30.8 Å². The fourth-order valence-electron chi connectivity index (χ4n) is 4.65. The van der Waals surface area contributed by atoms with Crippen LogP contribution in [0.3, 0.4) is 0 Å². The number of rotatable bonds is 12. The van der Waals surface area contributed by atoms with E-state index in [2.05, 4.69) is 4.72 Å². The number of carbonyl (C=O) groups excluding carboxylic acids is 1. The molecule has 0 radical (unpaired) electrons. The van der Waals surface area contributed by atoms with Crippen LogP contribution in [0.4, 0.5) is 11.4 Å². The number of methoxy groups -OCH3 is 1. The van der Waals surface area contributed by atoms with Gasteiger partial charge >= 0.3 is 0 Å². The molecule has 1 N–H and O–H groups in total. The second-order valence-corrected chi connectivity index (χ2v) is 11.3. The summed E-state index contributed by atoms with van der Waals surface area (Å²) in [5.41, 5.74) is 3.02. The van der Waals surface area contributed by atoms with E-state index in [9.17, 15) is 13.2 Å². The number of carbonyl (C=O) groups is 1. The van der Waals surface area contributed by atoms with Gasteiger partial charge in [0, 0.05) is 32.0 Å². The second kappa shape index (κ2) is 12.7. The number of amides is 1. The Labute approximate surface area is 236 Å². The summed E-state index contributed by atoms with van der Waals surface area (Å²) in [7, 11) is 1.51. The Morgan fingerprint density at radius 1 is 0.950 bits per heavy atom. The maximum atomic E-state index is 14.0. The van der Waals surface area contributed by atoms with Crippen LogP contribution in [0.15, 0.2) is 101 Å². The van der Waals surface area contributed by atoms with Crippen molar-refractivity contribution in [3.05, 3.63) is 108 Å². The highest BCUT2D eigenvalue weighted by Gasteiger charge is 2.27. The summed E-state index contributed by atoms with van der Waals surface area (Å²) in [6.45, 7) is 2.54. The van der Waals surface area contributed by atoms with Crippen molar-refractivity contribution in [3.8, 4) is 5.75 Å². The molecule has 40 heavy (non-hydrogen) atoms. The van der Waals surface area contributed by atoms with E-state index in [1.54, 1.807) is 41.5 Å².